The van der Waals surface area contributed by atoms with Gasteiger partial charge in [0.05, 0.1) is 11.4 Å². The predicted octanol–water partition coefficient (Wildman–Crippen LogP) is 2.94. The summed E-state index contributed by atoms with van der Waals surface area (Å²) in [5, 5.41) is 3.22. The maximum Gasteiger partial charge on any atom is 0.269 e. The molecule has 0 spiro atoms. The van der Waals surface area contributed by atoms with E-state index >= 15 is 0 Å². The summed E-state index contributed by atoms with van der Waals surface area (Å²) in [6.45, 7) is 0. The number of nitrogen functional groups attached to an aromatic ring is 1. The number of nitrogens with one attached hydrogen (secondary N) is 1. The minimum atomic E-state index is -0.958. The van der Waals surface area contributed by atoms with Crippen LogP contribution in [0.15, 0.2) is 83.9 Å². The first-order chi connectivity index (χ1) is 13.1. The molecule has 0 fully saturated rings. The van der Waals surface area contributed by atoms with Crippen LogP contribution < -0.4 is 22.5 Å². The fourth-order valence-corrected chi connectivity index (χ4v) is 2.63. The van der Waals surface area contributed by atoms with Crippen LogP contribution in [0.5, 0.6) is 0 Å². The first kappa shape index (κ1) is 18.2. The Morgan fingerprint density at radius 2 is 1.44 bits per heavy atom. The summed E-state index contributed by atoms with van der Waals surface area (Å²) in [6.07, 6.45) is 0. The molecule has 6 nitrogen and oxygen atoms in total. The minimum absolute atomic E-state index is 0.133. The SMILES string of the molecule is NC(=NC(=O)C(N)c1ccccc1Nc1ccccc1N)c1ccccc1. The summed E-state index contributed by atoms with van der Waals surface area (Å²) in [7, 11) is 0. The van der Waals surface area contributed by atoms with Gasteiger partial charge < -0.3 is 22.5 Å². The Morgan fingerprint density at radius 3 is 2.15 bits per heavy atom. The molecule has 0 aliphatic rings. The van der Waals surface area contributed by atoms with Crippen LogP contribution in [0, 0.1) is 0 Å². The van der Waals surface area contributed by atoms with Crippen molar-refractivity contribution in [3.8, 4) is 0 Å². The van der Waals surface area contributed by atoms with E-state index in [4.69, 9.17) is 17.2 Å². The summed E-state index contributed by atoms with van der Waals surface area (Å²) < 4.78 is 0. The van der Waals surface area contributed by atoms with Crippen LogP contribution in [0.2, 0.25) is 0 Å². The van der Waals surface area contributed by atoms with Gasteiger partial charge in [-0.05, 0) is 18.2 Å². The highest BCUT2D eigenvalue weighted by atomic mass is 16.1. The van der Waals surface area contributed by atoms with Gasteiger partial charge in [0.15, 0.2) is 0 Å². The van der Waals surface area contributed by atoms with Crippen molar-refractivity contribution < 1.29 is 4.79 Å². The lowest BCUT2D eigenvalue weighted by atomic mass is 10.0. The van der Waals surface area contributed by atoms with Crippen LogP contribution in [0.4, 0.5) is 17.1 Å². The number of carbonyl (C=O) groups is 1. The third kappa shape index (κ3) is 4.31. The Hall–Kier alpha value is -3.64. The standard InChI is InChI=1S/C21H21N5O/c22-16-11-5-7-13-18(16)25-17-12-6-4-10-15(17)19(23)21(27)26-20(24)14-8-2-1-3-9-14/h1-13,19,25H,22-23H2,(H2,24,26,27). The van der Waals surface area contributed by atoms with Gasteiger partial charge in [0.25, 0.3) is 5.91 Å². The highest BCUT2D eigenvalue weighted by Gasteiger charge is 2.19. The Morgan fingerprint density at radius 1 is 0.852 bits per heavy atom. The number of nitrogens with zero attached hydrogens (tertiary/aromatic N) is 1. The molecule has 0 saturated heterocycles. The molecule has 1 amide bonds. The second kappa shape index (κ2) is 8.16. The van der Waals surface area contributed by atoms with Gasteiger partial charge in [0, 0.05) is 16.8 Å². The fraction of sp³-hybridized carbons (Fsp3) is 0.0476. The Bertz CT molecular complexity index is 969. The summed E-state index contributed by atoms with van der Waals surface area (Å²) in [5.41, 5.74) is 21.4. The monoisotopic (exact) mass is 359 g/mol. The number of para-hydroxylation sites is 3. The lowest BCUT2D eigenvalue weighted by Crippen LogP contribution is -2.24. The quantitative estimate of drug-likeness (QED) is 0.317. The Labute approximate surface area is 157 Å². The highest BCUT2D eigenvalue weighted by molar-refractivity contribution is 6.05. The van der Waals surface area contributed by atoms with Gasteiger partial charge in [-0.15, -0.1) is 0 Å². The van der Waals surface area contributed by atoms with Crippen molar-refractivity contribution in [1.82, 2.24) is 0 Å². The second-order valence-electron chi connectivity index (χ2n) is 5.98. The van der Waals surface area contributed by atoms with E-state index in [0.29, 0.717) is 22.5 Å². The van der Waals surface area contributed by atoms with Crippen LogP contribution in [-0.2, 0) is 4.79 Å². The molecule has 136 valence electrons. The number of amidine groups is 1. The fourth-order valence-electron chi connectivity index (χ4n) is 2.63. The molecule has 27 heavy (non-hydrogen) atoms. The van der Waals surface area contributed by atoms with E-state index in [-0.39, 0.29) is 5.84 Å². The van der Waals surface area contributed by atoms with Crippen LogP contribution in [0.25, 0.3) is 0 Å². The van der Waals surface area contributed by atoms with E-state index in [1.165, 1.54) is 0 Å². The van der Waals surface area contributed by atoms with Crippen molar-refractivity contribution in [2.24, 2.45) is 16.5 Å². The van der Waals surface area contributed by atoms with E-state index in [0.717, 1.165) is 5.69 Å². The average Bonchev–Trinajstić information content (AvgIpc) is 2.70. The first-order valence-electron chi connectivity index (χ1n) is 8.45. The molecule has 0 saturated carbocycles. The summed E-state index contributed by atoms with van der Waals surface area (Å²) >= 11 is 0. The number of aliphatic imine (C=N–C) groups is 1. The predicted molar refractivity (Wildman–Crippen MR) is 110 cm³/mol. The highest BCUT2D eigenvalue weighted by Crippen LogP contribution is 2.28. The van der Waals surface area contributed by atoms with Crippen LogP contribution in [-0.4, -0.2) is 11.7 Å². The van der Waals surface area contributed by atoms with Crippen LogP contribution >= 0.6 is 0 Å². The van der Waals surface area contributed by atoms with Crippen molar-refractivity contribution in [2.75, 3.05) is 11.1 Å². The lowest BCUT2D eigenvalue weighted by Gasteiger charge is -2.16. The normalized spacial score (nSPS) is 12.4. The molecule has 3 rings (SSSR count). The van der Waals surface area contributed by atoms with Gasteiger partial charge in [0.1, 0.15) is 11.9 Å². The molecule has 3 aromatic carbocycles. The van der Waals surface area contributed by atoms with Crippen molar-refractivity contribution in [3.63, 3.8) is 0 Å². The Balaban J connectivity index is 1.86. The number of amides is 1. The maximum atomic E-state index is 12.6. The molecule has 1 unspecified atom stereocenters. The van der Waals surface area contributed by atoms with Crippen molar-refractivity contribution in [1.29, 1.82) is 0 Å². The van der Waals surface area contributed by atoms with Gasteiger partial charge in [0.2, 0.25) is 0 Å². The molecule has 0 heterocycles. The number of anilines is 3. The molecule has 0 bridgehead atoms. The zero-order chi connectivity index (χ0) is 19.2. The summed E-state index contributed by atoms with van der Waals surface area (Å²) in [4.78, 5) is 16.5. The number of rotatable bonds is 5. The number of hydrogen-bond acceptors (Lipinski definition) is 4. The number of nitrogens with two attached hydrogens (primary N) is 3. The summed E-state index contributed by atoms with van der Waals surface area (Å²) in [5.74, 6) is -0.388. The number of carbonyl (C=O) groups excluding carboxylic acids is 1. The molecule has 6 heteroatoms. The van der Waals surface area contributed by atoms with Gasteiger partial charge in [-0.25, -0.2) is 0 Å². The van der Waals surface area contributed by atoms with Gasteiger partial charge in [-0.2, -0.15) is 4.99 Å². The molecular weight excluding hydrogens is 338 g/mol. The Kier molecular flexibility index (Phi) is 5.49. The number of hydrogen-bond donors (Lipinski definition) is 4. The maximum absolute atomic E-state index is 12.6. The molecule has 0 aliphatic carbocycles. The van der Waals surface area contributed by atoms with Crippen LogP contribution in [0.1, 0.15) is 17.2 Å². The largest absolute Gasteiger partial charge is 0.397 e. The zero-order valence-electron chi connectivity index (χ0n) is 14.7. The van der Waals surface area contributed by atoms with Gasteiger partial charge in [-0.3, -0.25) is 4.79 Å². The molecule has 1 atom stereocenters. The molecule has 0 aromatic heterocycles. The van der Waals surface area contributed by atoms with E-state index in [1.807, 2.05) is 54.6 Å². The minimum Gasteiger partial charge on any atom is -0.397 e. The van der Waals surface area contributed by atoms with Crippen molar-refractivity contribution in [2.45, 2.75) is 6.04 Å². The second-order valence-corrected chi connectivity index (χ2v) is 5.98. The number of benzene rings is 3. The molecule has 0 aliphatic heterocycles. The van der Waals surface area contributed by atoms with E-state index in [1.54, 1.807) is 24.3 Å². The first-order valence-corrected chi connectivity index (χ1v) is 8.45. The van der Waals surface area contributed by atoms with E-state index in [9.17, 15) is 4.79 Å². The third-order valence-electron chi connectivity index (χ3n) is 4.09. The smallest absolute Gasteiger partial charge is 0.269 e. The molecular formula is C21H21N5O. The molecule has 7 N–H and O–H groups in total. The molecule has 0 radical (unpaired) electrons. The zero-order valence-corrected chi connectivity index (χ0v) is 14.7. The average molecular weight is 359 g/mol. The van der Waals surface area contributed by atoms with Crippen molar-refractivity contribution in [3.05, 3.63) is 90.0 Å². The van der Waals surface area contributed by atoms with Crippen molar-refractivity contribution >= 4 is 28.8 Å². The van der Waals surface area contributed by atoms with Crippen LogP contribution in [0.3, 0.4) is 0 Å². The lowest BCUT2D eigenvalue weighted by molar-refractivity contribution is -0.119. The molecule has 3 aromatic rings. The third-order valence-corrected chi connectivity index (χ3v) is 4.09. The topological polar surface area (TPSA) is 120 Å². The van der Waals surface area contributed by atoms with Gasteiger partial charge >= 0.3 is 0 Å². The van der Waals surface area contributed by atoms with E-state index in [2.05, 4.69) is 10.3 Å². The van der Waals surface area contributed by atoms with Gasteiger partial charge in [-0.1, -0.05) is 60.7 Å². The van der Waals surface area contributed by atoms with E-state index < -0.39 is 11.9 Å². The summed E-state index contributed by atoms with van der Waals surface area (Å²) in [6, 6.07) is 22.8.